The normalized spacial score (nSPS) is 12.7. The van der Waals surface area contributed by atoms with E-state index in [1.165, 1.54) is 12.1 Å². The third-order valence-electron chi connectivity index (χ3n) is 4.62. The number of anilines is 2. The van der Waals surface area contributed by atoms with Gasteiger partial charge in [0.2, 0.25) is 5.91 Å². The Morgan fingerprint density at radius 1 is 1.07 bits per heavy atom. The molecule has 1 unspecified atom stereocenters. The van der Waals surface area contributed by atoms with Crippen LogP contribution in [0.4, 0.5) is 24.5 Å². The van der Waals surface area contributed by atoms with E-state index < -0.39 is 17.8 Å². The van der Waals surface area contributed by atoms with E-state index in [1.807, 2.05) is 39.8 Å². The van der Waals surface area contributed by atoms with Crippen LogP contribution in [0.15, 0.2) is 36.4 Å². The molecule has 0 saturated carbocycles. The minimum atomic E-state index is -4.34. The van der Waals surface area contributed by atoms with Gasteiger partial charge < -0.3 is 16.4 Å². The van der Waals surface area contributed by atoms with Gasteiger partial charge in [-0.05, 0) is 67.1 Å². The number of nitrogens with two attached hydrogens (primary N) is 1. The second-order valence-corrected chi connectivity index (χ2v) is 7.76. The first-order chi connectivity index (χ1) is 13.5. The van der Waals surface area contributed by atoms with Crippen molar-refractivity contribution in [2.45, 2.75) is 52.9 Å². The highest BCUT2D eigenvalue weighted by molar-refractivity contribution is 5.96. The lowest BCUT2D eigenvalue weighted by Crippen LogP contribution is -2.37. The molecule has 158 valence electrons. The molecule has 1 amide bonds. The van der Waals surface area contributed by atoms with Gasteiger partial charge in [0.05, 0.1) is 11.6 Å². The molecule has 0 heterocycles. The van der Waals surface area contributed by atoms with Gasteiger partial charge in [0, 0.05) is 17.9 Å². The van der Waals surface area contributed by atoms with Crippen LogP contribution in [-0.4, -0.2) is 11.9 Å². The van der Waals surface area contributed by atoms with Gasteiger partial charge in [-0.3, -0.25) is 4.79 Å². The van der Waals surface area contributed by atoms with E-state index in [0.717, 1.165) is 40.2 Å². The lowest BCUT2D eigenvalue weighted by molar-refractivity contribution is -0.137. The fourth-order valence-electron chi connectivity index (χ4n) is 3.11. The van der Waals surface area contributed by atoms with Gasteiger partial charge in [-0.15, -0.1) is 0 Å². The molecule has 0 aliphatic carbocycles. The number of rotatable bonds is 7. The van der Waals surface area contributed by atoms with E-state index in [-0.39, 0.29) is 5.91 Å². The Labute approximate surface area is 169 Å². The summed E-state index contributed by atoms with van der Waals surface area (Å²) >= 11 is 0. The molecule has 0 fully saturated rings. The van der Waals surface area contributed by atoms with E-state index in [1.54, 1.807) is 0 Å². The zero-order chi connectivity index (χ0) is 21.8. The molecule has 0 radical (unpaired) electrons. The van der Waals surface area contributed by atoms with Crippen LogP contribution in [0.2, 0.25) is 0 Å². The Hall–Kier alpha value is -2.54. The molecule has 7 heteroatoms. The van der Waals surface area contributed by atoms with Crippen molar-refractivity contribution in [1.29, 1.82) is 0 Å². The molecule has 0 spiro atoms. The van der Waals surface area contributed by atoms with Crippen molar-refractivity contribution >= 4 is 17.3 Å². The molecule has 29 heavy (non-hydrogen) atoms. The molecular weight excluding hydrogens is 379 g/mol. The molecule has 4 nitrogen and oxygen atoms in total. The molecule has 2 aromatic carbocycles. The average molecular weight is 407 g/mol. The highest BCUT2D eigenvalue weighted by atomic mass is 19.4. The van der Waals surface area contributed by atoms with Crippen LogP contribution in [0, 0.1) is 19.8 Å². The van der Waals surface area contributed by atoms with E-state index in [0.29, 0.717) is 18.9 Å². The van der Waals surface area contributed by atoms with Crippen LogP contribution in [-0.2, 0) is 17.5 Å². The maximum Gasteiger partial charge on any atom is 0.416 e. The van der Waals surface area contributed by atoms with Crippen LogP contribution in [0.1, 0.15) is 42.5 Å². The molecule has 0 saturated heterocycles. The second kappa shape index (κ2) is 9.31. The summed E-state index contributed by atoms with van der Waals surface area (Å²) in [5.74, 6) is 0.116. The molecule has 4 N–H and O–H groups in total. The van der Waals surface area contributed by atoms with Crippen LogP contribution >= 0.6 is 0 Å². The Morgan fingerprint density at radius 2 is 1.62 bits per heavy atom. The largest absolute Gasteiger partial charge is 0.416 e. The Bertz CT molecular complexity index is 822. The van der Waals surface area contributed by atoms with Crippen molar-refractivity contribution in [1.82, 2.24) is 0 Å². The van der Waals surface area contributed by atoms with Crippen LogP contribution < -0.4 is 16.4 Å². The first-order valence-electron chi connectivity index (χ1n) is 9.55. The van der Waals surface area contributed by atoms with Crippen LogP contribution in [0.3, 0.4) is 0 Å². The minimum Gasteiger partial charge on any atom is -0.381 e. The van der Waals surface area contributed by atoms with Crippen molar-refractivity contribution in [2.75, 3.05) is 10.6 Å². The summed E-state index contributed by atoms with van der Waals surface area (Å²) in [5.41, 5.74) is 9.34. The fourth-order valence-corrected chi connectivity index (χ4v) is 3.11. The Kier molecular flexibility index (Phi) is 7.30. The molecule has 2 aromatic rings. The SMILES string of the molecule is Cc1cc(NCc2ccc(C(F)(F)F)cc2)cc(C)c1NC(=O)C(N)CC(C)C. The summed E-state index contributed by atoms with van der Waals surface area (Å²) in [6, 6.07) is 8.28. The maximum atomic E-state index is 12.6. The number of carbonyl (C=O) groups is 1. The summed E-state index contributed by atoms with van der Waals surface area (Å²) in [7, 11) is 0. The van der Waals surface area contributed by atoms with Gasteiger partial charge in [-0.25, -0.2) is 0 Å². The molecule has 2 rings (SSSR count). The van der Waals surface area contributed by atoms with Crippen molar-refractivity contribution in [3.63, 3.8) is 0 Å². The molecule has 0 bridgehead atoms. The summed E-state index contributed by atoms with van der Waals surface area (Å²) in [4.78, 5) is 12.3. The fraction of sp³-hybridized carbons (Fsp3) is 0.409. The van der Waals surface area contributed by atoms with Crippen molar-refractivity contribution < 1.29 is 18.0 Å². The first kappa shape index (κ1) is 22.7. The molecular formula is C22H28F3N3O. The number of aryl methyl sites for hydroxylation is 2. The van der Waals surface area contributed by atoms with Crippen LogP contribution in [0.5, 0.6) is 0 Å². The number of hydrogen-bond donors (Lipinski definition) is 3. The molecule has 1 atom stereocenters. The number of nitrogens with one attached hydrogen (secondary N) is 2. The molecule has 0 aromatic heterocycles. The number of alkyl halides is 3. The monoisotopic (exact) mass is 407 g/mol. The highest BCUT2D eigenvalue weighted by Crippen LogP contribution is 2.29. The lowest BCUT2D eigenvalue weighted by atomic mass is 10.0. The average Bonchev–Trinajstić information content (AvgIpc) is 2.61. The van der Waals surface area contributed by atoms with E-state index in [4.69, 9.17) is 5.73 Å². The van der Waals surface area contributed by atoms with Crippen molar-refractivity contribution in [3.8, 4) is 0 Å². The van der Waals surface area contributed by atoms with E-state index in [2.05, 4.69) is 10.6 Å². The zero-order valence-corrected chi connectivity index (χ0v) is 17.2. The van der Waals surface area contributed by atoms with Crippen LogP contribution in [0.25, 0.3) is 0 Å². The maximum absolute atomic E-state index is 12.6. The summed E-state index contributed by atoms with van der Waals surface area (Å²) in [6.07, 6.45) is -3.73. The zero-order valence-electron chi connectivity index (χ0n) is 17.2. The van der Waals surface area contributed by atoms with E-state index in [9.17, 15) is 18.0 Å². The third-order valence-corrected chi connectivity index (χ3v) is 4.62. The Balaban J connectivity index is 2.04. The van der Waals surface area contributed by atoms with Crippen molar-refractivity contribution in [3.05, 3.63) is 58.7 Å². The van der Waals surface area contributed by atoms with Gasteiger partial charge in [0.15, 0.2) is 0 Å². The summed E-state index contributed by atoms with van der Waals surface area (Å²) in [5, 5.41) is 6.12. The van der Waals surface area contributed by atoms with Gasteiger partial charge in [-0.1, -0.05) is 26.0 Å². The summed E-state index contributed by atoms with van der Waals surface area (Å²) in [6.45, 7) is 8.20. The number of hydrogen-bond acceptors (Lipinski definition) is 3. The first-order valence-corrected chi connectivity index (χ1v) is 9.55. The molecule has 0 aliphatic heterocycles. The Morgan fingerprint density at radius 3 is 2.10 bits per heavy atom. The minimum absolute atomic E-state index is 0.213. The third kappa shape index (κ3) is 6.49. The van der Waals surface area contributed by atoms with Crippen molar-refractivity contribution in [2.24, 2.45) is 11.7 Å². The lowest BCUT2D eigenvalue weighted by Gasteiger charge is -2.18. The van der Waals surface area contributed by atoms with Gasteiger partial charge in [0.25, 0.3) is 0 Å². The second-order valence-electron chi connectivity index (χ2n) is 7.76. The highest BCUT2D eigenvalue weighted by Gasteiger charge is 2.29. The predicted molar refractivity (Wildman–Crippen MR) is 111 cm³/mol. The van der Waals surface area contributed by atoms with Gasteiger partial charge >= 0.3 is 6.18 Å². The van der Waals surface area contributed by atoms with Gasteiger partial charge in [0.1, 0.15) is 0 Å². The van der Waals surface area contributed by atoms with Gasteiger partial charge in [-0.2, -0.15) is 13.2 Å². The quantitative estimate of drug-likeness (QED) is 0.588. The number of amides is 1. The standard InChI is InChI=1S/C22H28F3N3O/c1-13(2)9-19(26)21(29)28-20-14(3)10-18(11-15(20)4)27-12-16-5-7-17(8-6-16)22(23,24)25/h5-8,10-11,13,19,27H,9,12,26H2,1-4H3,(H,28,29). The number of halogens is 3. The predicted octanol–water partition coefficient (Wildman–Crippen LogP) is 5.25. The molecule has 0 aliphatic rings. The number of benzene rings is 2. The number of carbonyl (C=O) groups excluding carboxylic acids is 1. The topological polar surface area (TPSA) is 67.1 Å². The van der Waals surface area contributed by atoms with E-state index >= 15 is 0 Å². The smallest absolute Gasteiger partial charge is 0.381 e. The summed E-state index contributed by atoms with van der Waals surface area (Å²) < 4.78 is 37.9.